The summed E-state index contributed by atoms with van der Waals surface area (Å²) in [5.41, 5.74) is 0. The standard InChI is InChI=1S/C15H30O2S/c1-3-5-6-7-8-9-10-11-12-13-18-14(4-2)15(16)17/h14H,3-13H2,1-2H3,(H,16,17). The van der Waals surface area contributed by atoms with Crippen LogP contribution in [0.3, 0.4) is 0 Å². The van der Waals surface area contributed by atoms with E-state index < -0.39 is 5.97 Å². The molecule has 0 radical (unpaired) electrons. The van der Waals surface area contributed by atoms with Crippen molar-refractivity contribution >= 4 is 17.7 Å². The monoisotopic (exact) mass is 274 g/mol. The van der Waals surface area contributed by atoms with Crippen molar-refractivity contribution in [1.82, 2.24) is 0 Å². The van der Waals surface area contributed by atoms with Gasteiger partial charge in [-0.1, -0.05) is 65.2 Å². The van der Waals surface area contributed by atoms with E-state index in [1.54, 1.807) is 11.8 Å². The Balaban J connectivity index is 3.18. The van der Waals surface area contributed by atoms with Gasteiger partial charge in [-0.3, -0.25) is 4.79 Å². The molecule has 0 fully saturated rings. The van der Waals surface area contributed by atoms with E-state index in [1.165, 1.54) is 57.8 Å². The first-order valence-corrected chi connectivity index (χ1v) is 8.61. The summed E-state index contributed by atoms with van der Waals surface area (Å²) in [7, 11) is 0. The van der Waals surface area contributed by atoms with Gasteiger partial charge in [0.2, 0.25) is 0 Å². The van der Waals surface area contributed by atoms with Crippen LogP contribution in [0.4, 0.5) is 0 Å². The lowest BCUT2D eigenvalue weighted by Gasteiger charge is -2.08. The van der Waals surface area contributed by atoms with Crippen LogP contribution >= 0.6 is 11.8 Å². The summed E-state index contributed by atoms with van der Waals surface area (Å²) >= 11 is 1.60. The van der Waals surface area contributed by atoms with Gasteiger partial charge < -0.3 is 5.11 Å². The van der Waals surface area contributed by atoms with Crippen molar-refractivity contribution in [3.63, 3.8) is 0 Å². The molecule has 3 heteroatoms. The van der Waals surface area contributed by atoms with E-state index in [1.807, 2.05) is 6.92 Å². The average Bonchev–Trinajstić information content (AvgIpc) is 2.35. The van der Waals surface area contributed by atoms with Gasteiger partial charge in [-0.25, -0.2) is 0 Å². The first-order valence-electron chi connectivity index (χ1n) is 7.56. The number of carboxylic acids is 1. The third kappa shape index (κ3) is 10.9. The van der Waals surface area contributed by atoms with E-state index in [4.69, 9.17) is 5.11 Å². The maximum atomic E-state index is 10.8. The molecule has 0 aromatic carbocycles. The smallest absolute Gasteiger partial charge is 0.316 e. The van der Waals surface area contributed by atoms with Crippen LogP contribution in [0, 0.1) is 0 Å². The lowest BCUT2D eigenvalue weighted by Crippen LogP contribution is -2.15. The molecule has 0 aliphatic rings. The molecule has 1 N–H and O–H groups in total. The Labute approximate surface area is 117 Å². The van der Waals surface area contributed by atoms with Crippen LogP contribution in [-0.4, -0.2) is 22.1 Å². The number of hydrogen-bond donors (Lipinski definition) is 1. The molecular weight excluding hydrogens is 244 g/mol. The van der Waals surface area contributed by atoms with Crippen molar-refractivity contribution in [1.29, 1.82) is 0 Å². The fourth-order valence-corrected chi connectivity index (χ4v) is 3.04. The van der Waals surface area contributed by atoms with Gasteiger partial charge in [-0.2, -0.15) is 0 Å². The Kier molecular flexibility index (Phi) is 13.1. The minimum absolute atomic E-state index is 0.195. The molecule has 108 valence electrons. The van der Waals surface area contributed by atoms with E-state index in [9.17, 15) is 4.79 Å². The molecular formula is C15H30O2S. The van der Waals surface area contributed by atoms with E-state index in [-0.39, 0.29) is 5.25 Å². The maximum Gasteiger partial charge on any atom is 0.316 e. The maximum absolute atomic E-state index is 10.8. The quantitative estimate of drug-likeness (QED) is 0.474. The number of aliphatic carboxylic acids is 1. The predicted molar refractivity (Wildman–Crippen MR) is 81.4 cm³/mol. The topological polar surface area (TPSA) is 37.3 Å². The molecule has 1 unspecified atom stereocenters. The van der Waals surface area contributed by atoms with Gasteiger partial charge in [0.15, 0.2) is 0 Å². The molecule has 0 amide bonds. The van der Waals surface area contributed by atoms with Gasteiger partial charge >= 0.3 is 5.97 Å². The predicted octanol–water partition coefficient (Wildman–Crippen LogP) is 5.11. The minimum Gasteiger partial charge on any atom is -0.480 e. The van der Waals surface area contributed by atoms with Crippen LogP contribution in [0.1, 0.15) is 78.1 Å². The van der Waals surface area contributed by atoms with Gasteiger partial charge in [0.25, 0.3) is 0 Å². The second-order valence-electron chi connectivity index (χ2n) is 4.93. The Morgan fingerprint density at radius 3 is 1.89 bits per heavy atom. The summed E-state index contributed by atoms with van der Waals surface area (Å²) in [6, 6.07) is 0. The number of hydrogen-bond acceptors (Lipinski definition) is 2. The molecule has 0 saturated heterocycles. The molecule has 0 spiro atoms. The molecule has 0 aliphatic carbocycles. The third-order valence-corrected chi connectivity index (χ3v) is 4.67. The van der Waals surface area contributed by atoms with Crippen molar-refractivity contribution in [2.75, 3.05) is 5.75 Å². The SMILES string of the molecule is CCCCCCCCCCCSC(CC)C(=O)O. The highest BCUT2D eigenvalue weighted by molar-refractivity contribution is 8.00. The highest BCUT2D eigenvalue weighted by Gasteiger charge is 2.14. The number of rotatable bonds is 13. The molecule has 0 aromatic heterocycles. The van der Waals surface area contributed by atoms with Gasteiger partial charge in [-0.05, 0) is 18.6 Å². The van der Waals surface area contributed by atoms with Crippen LogP contribution in [-0.2, 0) is 4.79 Å². The Bertz CT molecular complexity index is 195. The number of carboxylic acid groups (broad SMARTS) is 1. The molecule has 0 rings (SSSR count). The summed E-state index contributed by atoms with van der Waals surface area (Å²) in [5.74, 6) is 0.346. The average molecular weight is 274 g/mol. The lowest BCUT2D eigenvalue weighted by molar-refractivity contribution is -0.136. The van der Waals surface area contributed by atoms with Crippen LogP contribution in [0.5, 0.6) is 0 Å². The van der Waals surface area contributed by atoms with Crippen molar-refractivity contribution in [3.8, 4) is 0 Å². The first kappa shape index (κ1) is 17.8. The zero-order chi connectivity index (χ0) is 13.6. The summed E-state index contributed by atoms with van der Waals surface area (Å²) < 4.78 is 0. The second kappa shape index (κ2) is 13.3. The highest BCUT2D eigenvalue weighted by Crippen LogP contribution is 2.17. The van der Waals surface area contributed by atoms with Gasteiger partial charge in [-0.15, -0.1) is 11.8 Å². The van der Waals surface area contributed by atoms with Crippen molar-refractivity contribution in [2.24, 2.45) is 0 Å². The molecule has 0 aromatic rings. The molecule has 0 saturated carbocycles. The Morgan fingerprint density at radius 1 is 0.944 bits per heavy atom. The lowest BCUT2D eigenvalue weighted by atomic mass is 10.1. The second-order valence-corrected chi connectivity index (χ2v) is 6.24. The van der Waals surface area contributed by atoms with Crippen LogP contribution in [0.2, 0.25) is 0 Å². The number of thioether (sulfide) groups is 1. The van der Waals surface area contributed by atoms with Gasteiger partial charge in [0.1, 0.15) is 5.25 Å². The molecule has 0 heterocycles. The molecule has 18 heavy (non-hydrogen) atoms. The van der Waals surface area contributed by atoms with E-state index in [2.05, 4.69) is 6.92 Å². The normalized spacial score (nSPS) is 12.6. The minimum atomic E-state index is -0.654. The summed E-state index contributed by atoms with van der Waals surface area (Å²) in [6.07, 6.45) is 12.7. The fraction of sp³-hybridized carbons (Fsp3) is 0.933. The largest absolute Gasteiger partial charge is 0.480 e. The molecule has 1 atom stereocenters. The van der Waals surface area contributed by atoms with Crippen molar-refractivity contribution in [2.45, 2.75) is 83.3 Å². The third-order valence-electron chi connectivity index (χ3n) is 3.21. The fourth-order valence-electron chi connectivity index (χ4n) is 2.00. The van der Waals surface area contributed by atoms with Crippen LogP contribution in [0.15, 0.2) is 0 Å². The number of carbonyl (C=O) groups is 1. The Morgan fingerprint density at radius 2 is 1.44 bits per heavy atom. The van der Waals surface area contributed by atoms with E-state index in [0.29, 0.717) is 0 Å². The van der Waals surface area contributed by atoms with Crippen molar-refractivity contribution in [3.05, 3.63) is 0 Å². The van der Waals surface area contributed by atoms with E-state index in [0.717, 1.165) is 12.2 Å². The zero-order valence-corrected chi connectivity index (χ0v) is 12.9. The van der Waals surface area contributed by atoms with Gasteiger partial charge in [0.05, 0.1) is 0 Å². The van der Waals surface area contributed by atoms with E-state index >= 15 is 0 Å². The first-order chi connectivity index (χ1) is 8.72. The van der Waals surface area contributed by atoms with Gasteiger partial charge in [0, 0.05) is 0 Å². The zero-order valence-electron chi connectivity index (χ0n) is 12.1. The Hall–Kier alpha value is -0.180. The summed E-state index contributed by atoms with van der Waals surface area (Å²) in [4.78, 5) is 10.8. The molecule has 0 bridgehead atoms. The summed E-state index contributed by atoms with van der Waals surface area (Å²) in [6.45, 7) is 4.19. The highest BCUT2D eigenvalue weighted by atomic mass is 32.2. The number of unbranched alkanes of at least 4 members (excludes halogenated alkanes) is 8. The summed E-state index contributed by atoms with van der Waals surface area (Å²) in [5, 5.41) is 8.70. The van der Waals surface area contributed by atoms with Crippen LogP contribution < -0.4 is 0 Å². The molecule has 0 aliphatic heterocycles. The van der Waals surface area contributed by atoms with Crippen molar-refractivity contribution < 1.29 is 9.90 Å². The molecule has 2 nitrogen and oxygen atoms in total. The van der Waals surface area contributed by atoms with Crippen LogP contribution in [0.25, 0.3) is 0 Å².